The van der Waals surface area contributed by atoms with Crippen LogP contribution >= 0.6 is 0 Å². The maximum atomic E-state index is 12.4. The number of amides is 1. The number of ether oxygens (including phenoxy) is 1. The Hall–Kier alpha value is -1.85. The third kappa shape index (κ3) is 4.36. The fourth-order valence-corrected chi connectivity index (χ4v) is 3.43. The first-order valence-corrected chi connectivity index (χ1v) is 8.75. The van der Waals surface area contributed by atoms with Crippen LogP contribution in [0.4, 0.5) is 0 Å². The second-order valence-electron chi connectivity index (χ2n) is 6.65. The predicted octanol–water partition coefficient (Wildman–Crippen LogP) is 1.68. The molecule has 0 aromatic heterocycles. The Kier molecular flexibility index (Phi) is 5.88. The van der Waals surface area contributed by atoms with Crippen molar-refractivity contribution >= 4 is 5.91 Å². The molecule has 0 saturated carbocycles. The number of carbonyl (C=O) groups is 1. The molecule has 3 rings (SSSR count). The van der Waals surface area contributed by atoms with Gasteiger partial charge in [0.1, 0.15) is 0 Å². The predicted molar refractivity (Wildman–Crippen MR) is 92.1 cm³/mol. The van der Waals surface area contributed by atoms with Crippen LogP contribution in [0.2, 0.25) is 0 Å². The van der Waals surface area contributed by atoms with Gasteiger partial charge in [-0.15, -0.1) is 0 Å². The molecule has 1 saturated heterocycles. The van der Waals surface area contributed by atoms with Gasteiger partial charge in [-0.3, -0.25) is 9.69 Å². The Morgan fingerprint density at radius 3 is 2.88 bits per heavy atom. The Morgan fingerprint density at radius 2 is 2.17 bits per heavy atom. The Balaban J connectivity index is 1.60. The number of piperidine rings is 1. The molecule has 0 radical (unpaired) electrons. The summed E-state index contributed by atoms with van der Waals surface area (Å²) in [5, 5.41) is 12.8. The Bertz CT molecular complexity index is 573. The molecule has 24 heavy (non-hydrogen) atoms. The lowest BCUT2D eigenvalue weighted by atomic mass is 9.91. The van der Waals surface area contributed by atoms with E-state index in [1.165, 1.54) is 5.56 Å². The van der Waals surface area contributed by atoms with Crippen molar-refractivity contribution in [3.8, 4) is 0 Å². The summed E-state index contributed by atoms with van der Waals surface area (Å²) >= 11 is 0. The number of benzene rings is 1. The highest BCUT2D eigenvalue weighted by Gasteiger charge is 2.30. The monoisotopic (exact) mass is 330 g/mol. The third-order valence-electron chi connectivity index (χ3n) is 4.87. The van der Waals surface area contributed by atoms with Crippen molar-refractivity contribution < 1.29 is 14.6 Å². The normalized spacial score (nSPS) is 24.8. The first-order valence-electron chi connectivity index (χ1n) is 8.75. The van der Waals surface area contributed by atoms with E-state index in [0.29, 0.717) is 12.2 Å². The zero-order valence-electron chi connectivity index (χ0n) is 14.0. The second kappa shape index (κ2) is 8.31. The zero-order chi connectivity index (χ0) is 16.8. The van der Waals surface area contributed by atoms with Crippen molar-refractivity contribution in [1.82, 2.24) is 10.2 Å². The van der Waals surface area contributed by atoms with E-state index in [0.717, 1.165) is 38.9 Å². The zero-order valence-corrected chi connectivity index (χ0v) is 14.0. The summed E-state index contributed by atoms with van der Waals surface area (Å²) in [5.74, 6) is 0.0609. The largest absolute Gasteiger partial charge is 0.501 e. The summed E-state index contributed by atoms with van der Waals surface area (Å²) in [5.41, 5.74) is 1.98. The second-order valence-corrected chi connectivity index (χ2v) is 6.65. The minimum absolute atomic E-state index is 0.0252. The van der Waals surface area contributed by atoms with Gasteiger partial charge in [-0.25, -0.2) is 0 Å². The molecule has 2 aliphatic heterocycles. The van der Waals surface area contributed by atoms with E-state index in [2.05, 4.69) is 22.3 Å². The van der Waals surface area contributed by atoms with Crippen LogP contribution in [-0.2, 0) is 16.1 Å². The van der Waals surface area contributed by atoms with Crippen LogP contribution in [0.1, 0.15) is 24.8 Å². The van der Waals surface area contributed by atoms with Gasteiger partial charge in [0.2, 0.25) is 0 Å². The third-order valence-corrected chi connectivity index (χ3v) is 4.87. The highest BCUT2D eigenvalue weighted by molar-refractivity contribution is 5.93. The van der Waals surface area contributed by atoms with Gasteiger partial charge in [-0.2, -0.15) is 0 Å². The van der Waals surface area contributed by atoms with Crippen molar-refractivity contribution in [2.75, 3.05) is 26.3 Å². The molecular formula is C19H26N2O3. The van der Waals surface area contributed by atoms with E-state index in [9.17, 15) is 9.90 Å². The van der Waals surface area contributed by atoms with Gasteiger partial charge in [0.15, 0.2) is 0 Å². The van der Waals surface area contributed by atoms with E-state index in [1.54, 1.807) is 6.26 Å². The summed E-state index contributed by atoms with van der Waals surface area (Å²) in [6.45, 7) is 3.37. The first-order chi connectivity index (χ1) is 11.8. The van der Waals surface area contributed by atoms with Gasteiger partial charge in [0.25, 0.3) is 5.91 Å². The molecule has 5 nitrogen and oxygen atoms in total. The van der Waals surface area contributed by atoms with Crippen LogP contribution in [0.5, 0.6) is 0 Å². The molecule has 130 valence electrons. The average molecular weight is 330 g/mol. The van der Waals surface area contributed by atoms with Crippen molar-refractivity contribution in [2.45, 2.75) is 31.8 Å². The lowest BCUT2D eigenvalue weighted by Gasteiger charge is -2.38. The Morgan fingerprint density at radius 1 is 1.33 bits per heavy atom. The maximum absolute atomic E-state index is 12.4. The summed E-state index contributed by atoms with van der Waals surface area (Å²) in [7, 11) is 0. The highest BCUT2D eigenvalue weighted by Crippen LogP contribution is 2.21. The molecular weight excluding hydrogens is 304 g/mol. The van der Waals surface area contributed by atoms with Gasteiger partial charge in [0, 0.05) is 31.7 Å². The minimum Gasteiger partial charge on any atom is -0.501 e. The number of nitrogens with one attached hydrogen (secondary N) is 1. The molecule has 5 heteroatoms. The highest BCUT2D eigenvalue weighted by atomic mass is 16.5. The smallest absolute Gasteiger partial charge is 0.250 e. The standard InChI is InChI=1S/C19H26N2O3/c22-13-16-8-9-21(11-15-5-2-1-3-6-15)12-18(16)20-19(23)17-7-4-10-24-14-17/h1-3,5-6,14,16,18,22H,4,7-13H2,(H,20,23). The fraction of sp³-hybridized carbons (Fsp3) is 0.526. The molecule has 2 heterocycles. The summed E-state index contributed by atoms with van der Waals surface area (Å²) < 4.78 is 5.26. The van der Waals surface area contributed by atoms with Gasteiger partial charge < -0.3 is 15.2 Å². The van der Waals surface area contributed by atoms with Gasteiger partial charge in [-0.1, -0.05) is 30.3 Å². The summed E-state index contributed by atoms with van der Waals surface area (Å²) in [6, 6.07) is 10.3. The molecule has 1 aromatic rings. The molecule has 2 N–H and O–H groups in total. The van der Waals surface area contributed by atoms with E-state index < -0.39 is 0 Å². The number of likely N-dealkylation sites (tertiary alicyclic amines) is 1. The van der Waals surface area contributed by atoms with Crippen LogP contribution in [0.25, 0.3) is 0 Å². The van der Waals surface area contributed by atoms with E-state index >= 15 is 0 Å². The van der Waals surface area contributed by atoms with Crippen LogP contribution in [0, 0.1) is 5.92 Å². The molecule has 1 amide bonds. The van der Waals surface area contributed by atoms with Crippen molar-refractivity contribution in [1.29, 1.82) is 0 Å². The molecule has 0 spiro atoms. The number of rotatable bonds is 5. The number of aliphatic hydroxyl groups excluding tert-OH is 1. The van der Waals surface area contributed by atoms with Crippen LogP contribution in [-0.4, -0.2) is 48.3 Å². The van der Waals surface area contributed by atoms with Crippen LogP contribution in [0.15, 0.2) is 42.2 Å². The Labute approximate surface area is 143 Å². The van der Waals surface area contributed by atoms with Crippen molar-refractivity contribution in [2.24, 2.45) is 5.92 Å². The molecule has 1 aromatic carbocycles. The van der Waals surface area contributed by atoms with E-state index in [4.69, 9.17) is 4.74 Å². The molecule has 0 bridgehead atoms. The lowest BCUT2D eigenvalue weighted by Crippen LogP contribution is -2.53. The summed E-state index contributed by atoms with van der Waals surface area (Å²) in [4.78, 5) is 14.8. The molecule has 2 atom stereocenters. The van der Waals surface area contributed by atoms with Crippen LogP contribution < -0.4 is 5.32 Å². The number of aliphatic hydroxyl groups is 1. The van der Waals surface area contributed by atoms with Crippen molar-refractivity contribution in [3.63, 3.8) is 0 Å². The molecule has 0 aliphatic carbocycles. The molecule has 2 aliphatic rings. The van der Waals surface area contributed by atoms with Gasteiger partial charge in [-0.05, 0) is 31.4 Å². The molecule has 1 fully saturated rings. The fourth-order valence-electron chi connectivity index (χ4n) is 3.43. The summed E-state index contributed by atoms with van der Waals surface area (Å²) in [6.07, 6.45) is 4.12. The quantitative estimate of drug-likeness (QED) is 0.862. The number of carbonyl (C=O) groups excluding carboxylic acids is 1. The van der Waals surface area contributed by atoms with E-state index in [-0.39, 0.29) is 24.5 Å². The van der Waals surface area contributed by atoms with Gasteiger partial charge in [0.05, 0.1) is 18.4 Å². The first kappa shape index (κ1) is 17.0. The van der Waals surface area contributed by atoms with Gasteiger partial charge >= 0.3 is 0 Å². The number of hydrogen-bond donors (Lipinski definition) is 2. The SMILES string of the molecule is O=C(NC1CN(Cc2ccccc2)CCC1CO)C1=COCCC1. The topological polar surface area (TPSA) is 61.8 Å². The average Bonchev–Trinajstić information content (AvgIpc) is 2.63. The van der Waals surface area contributed by atoms with Crippen molar-refractivity contribution in [3.05, 3.63) is 47.7 Å². The lowest BCUT2D eigenvalue weighted by molar-refractivity contribution is -0.119. The molecule has 2 unspecified atom stereocenters. The van der Waals surface area contributed by atoms with Crippen LogP contribution in [0.3, 0.4) is 0 Å². The number of hydrogen-bond acceptors (Lipinski definition) is 4. The minimum atomic E-state index is -0.0558. The maximum Gasteiger partial charge on any atom is 0.250 e. The number of nitrogens with zero attached hydrogens (tertiary/aromatic N) is 1. The van der Waals surface area contributed by atoms with E-state index in [1.807, 2.05) is 18.2 Å².